The summed E-state index contributed by atoms with van der Waals surface area (Å²) in [5, 5.41) is 0. The minimum atomic E-state index is 0.745. The van der Waals surface area contributed by atoms with Crippen molar-refractivity contribution < 1.29 is 4.79 Å². The zero-order valence-electron chi connectivity index (χ0n) is 11.7. The molecule has 2 aromatic rings. The minimum absolute atomic E-state index is 0.745. The van der Waals surface area contributed by atoms with Gasteiger partial charge in [0, 0.05) is 24.8 Å². The predicted molar refractivity (Wildman–Crippen MR) is 79.9 cm³/mol. The first-order valence-electron chi connectivity index (χ1n) is 6.42. The second kappa shape index (κ2) is 5.70. The van der Waals surface area contributed by atoms with Crippen LogP contribution in [0.2, 0.25) is 0 Å². The summed E-state index contributed by atoms with van der Waals surface area (Å²) in [6.45, 7) is 4.87. The second-order valence-corrected chi connectivity index (χ2v) is 5.02. The Morgan fingerprint density at radius 2 is 1.63 bits per heavy atom. The van der Waals surface area contributed by atoms with Crippen LogP contribution in [0.3, 0.4) is 0 Å². The molecular weight excluding hydrogens is 234 g/mol. The largest absolute Gasteiger partial charge is 0.370 e. The average Bonchev–Trinajstić information content (AvgIpc) is 2.41. The van der Waals surface area contributed by atoms with Crippen LogP contribution in [-0.2, 0) is 6.54 Å². The SMILES string of the molecule is Cc1ccc(CN(C)c2ccc(C)cc2C=O)cc1. The molecule has 98 valence electrons. The van der Waals surface area contributed by atoms with Gasteiger partial charge in [0.15, 0.2) is 6.29 Å². The van der Waals surface area contributed by atoms with Crippen molar-refractivity contribution in [2.45, 2.75) is 20.4 Å². The zero-order chi connectivity index (χ0) is 13.8. The number of benzene rings is 2. The van der Waals surface area contributed by atoms with Gasteiger partial charge in [0.2, 0.25) is 0 Å². The summed E-state index contributed by atoms with van der Waals surface area (Å²) in [7, 11) is 2.01. The van der Waals surface area contributed by atoms with Crippen molar-refractivity contribution in [3.05, 3.63) is 64.7 Å². The maximum Gasteiger partial charge on any atom is 0.152 e. The fraction of sp³-hybridized carbons (Fsp3) is 0.235. The van der Waals surface area contributed by atoms with Crippen LogP contribution in [-0.4, -0.2) is 13.3 Å². The molecule has 0 aliphatic rings. The lowest BCUT2D eigenvalue weighted by molar-refractivity contribution is 0.112. The number of rotatable bonds is 4. The fourth-order valence-corrected chi connectivity index (χ4v) is 2.17. The van der Waals surface area contributed by atoms with E-state index in [9.17, 15) is 4.79 Å². The number of hydrogen-bond donors (Lipinski definition) is 0. The van der Waals surface area contributed by atoms with E-state index in [-0.39, 0.29) is 0 Å². The molecule has 19 heavy (non-hydrogen) atoms. The molecule has 0 radical (unpaired) electrons. The molecular formula is C17H19NO. The van der Waals surface area contributed by atoms with Gasteiger partial charge >= 0.3 is 0 Å². The Balaban J connectivity index is 2.22. The summed E-state index contributed by atoms with van der Waals surface area (Å²) in [5.74, 6) is 0. The van der Waals surface area contributed by atoms with Crippen molar-refractivity contribution in [1.82, 2.24) is 0 Å². The van der Waals surface area contributed by atoms with Crippen LogP contribution >= 0.6 is 0 Å². The quantitative estimate of drug-likeness (QED) is 0.773. The highest BCUT2D eigenvalue weighted by Crippen LogP contribution is 2.21. The van der Waals surface area contributed by atoms with E-state index in [1.165, 1.54) is 11.1 Å². The Labute approximate surface area is 114 Å². The van der Waals surface area contributed by atoms with E-state index < -0.39 is 0 Å². The average molecular weight is 253 g/mol. The lowest BCUT2D eigenvalue weighted by Gasteiger charge is -2.21. The lowest BCUT2D eigenvalue weighted by atomic mass is 10.1. The first kappa shape index (κ1) is 13.3. The summed E-state index contributed by atoms with van der Waals surface area (Å²) < 4.78 is 0. The molecule has 0 aliphatic heterocycles. The summed E-state index contributed by atoms with van der Waals surface area (Å²) >= 11 is 0. The van der Waals surface area contributed by atoms with Crippen LogP contribution in [0.1, 0.15) is 27.0 Å². The molecule has 2 rings (SSSR count). The summed E-state index contributed by atoms with van der Waals surface area (Å²) in [5.41, 5.74) is 5.33. The molecule has 0 bridgehead atoms. The lowest BCUT2D eigenvalue weighted by Crippen LogP contribution is -2.18. The van der Waals surface area contributed by atoms with Gasteiger partial charge < -0.3 is 4.90 Å². The van der Waals surface area contributed by atoms with E-state index in [1.54, 1.807) is 0 Å². The molecule has 0 amide bonds. The molecule has 0 saturated carbocycles. The van der Waals surface area contributed by atoms with Gasteiger partial charge in [0.25, 0.3) is 0 Å². The normalized spacial score (nSPS) is 10.3. The van der Waals surface area contributed by atoms with Gasteiger partial charge in [0.05, 0.1) is 0 Å². The van der Waals surface area contributed by atoms with Crippen molar-refractivity contribution in [1.29, 1.82) is 0 Å². The van der Waals surface area contributed by atoms with Crippen molar-refractivity contribution >= 4 is 12.0 Å². The van der Waals surface area contributed by atoms with E-state index in [0.717, 1.165) is 29.6 Å². The van der Waals surface area contributed by atoms with Crippen molar-refractivity contribution in [2.24, 2.45) is 0 Å². The predicted octanol–water partition coefficient (Wildman–Crippen LogP) is 3.75. The minimum Gasteiger partial charge on any atom is -0.370 e. The standard InChI is InChI=1S/C17H19NO/c1-13-4-7-15(8-5-13)11-18(3)17-9-6-14(2)10-16(17)12-19/h4-10,12H,11H2,1-3H3. The molecule has 0 heterocycles. The molecule has 0 unspecified atom stereocenters. The van der Waals surface area contributed by atoms with Gasteiger partial charge in [-0.2, -0.15) is 0 Å². The number of hydrogen-bond acceptors (Lipinski definition) is 2. The molecule has 0 fully saturated rings. The van der Waals surface area contributed by atoms with E-state index >= 15 is 0 Å². The Hall–Kier alpha value is -2.09. The van der Waals surface area contributed by atoms with Crippen LogP contribution in [0, 0.1) is 13.8 Å². The smallest absolute Gasteiger partial charge is 0.152 e. The number of aryl methyl sites for hydroxylation is 2. The van der Waals surface area contributed by atoms with Crippen molar-refractivity contribution in [2.75, 3.05) is 11.9 Å². The Bertz CT molecular complexity index is 572. The fourth-order valence-electron chi connectivity index (χ4n) is 2.17. The van der Waals surface area contributed by atoms with Gasteiger partial charge in [-0.05, 0) is 31.5 Å². The van der Waals surface area contributed by atoms with Crippen molar-refractivity contribution in [3.63, 3.8) is 0 Å². The van der Waals surface area contributed by atoms with Crippen molar-refractivity contribution in [3.8, 4) is 0 Å². The highest BCUT2D eigenvalue weighted by molar-refractivity contribution is 5.84. The third-order valence-corrected chi connectivity index (χ3v) is 3.26. The highest BCUT2D eigenvalue weighted by Gasteiger charge is 2.07. The van der Waals surface area contributed by atoms with Gasteiger partial charge in [-0.3, -0.25) is 4.79 Å². The van der Waals surface area contributed by atoms with E-state index in [0.29, 0.717) is 0 Å². The maximum absolute atomic E-state index is 11.2. The Morgan fingerprint density at radius 3 is 2.26 bits per heavy atom. The number of anilines is 1. The van der Waals surface area contributed by atoms with Gasteiger partial charge in [-0.25, -0.2) is 0 Å². The second-order valence-electron chi connectivity index (χ2n) is 5.02. The monoisotopic (exact) mass is 253 g/mol. The Kier molecular flexibility index (Phi) is 4.00. The molecule has 0 N–H and O–H groups in total. The third kappa shape index (κ3) is 3.22. The number of nitrogens with zero attached hydrogens (tertiary/aromatic N) is 1. The molecule has 2 heteroatoms. The molecule has 0 aliphatic carbocycles. The van der Waals surface area contributed by atoms with Crippen LogP contribution < -0.4 is 4.90 Å². The van der Waals surface area contributed by atoms with E-state index in [2.05, 4.69) is 36.1 Å². The summed E-state index contributed by atoms with van der Waals surface area (Å²) in [6.07, 6.45) is 0.925. The van der Waals surface area contributed by atoms with Gasteiger partial charge in [-0.15, -0.1) is 0 Å². The topological polar surface area (TPSA) is 20.3 Å². The van der Waals surface area contributed by atoms with Gasteiger partial charge in [-0.1, -0.05) is 41.5 Å². The van der Waals surface area contributed by atoms with E-state index in [4.69, 9.17) is 0 Å². The zero-order valence-corrected chi connectivity index (χ0v) is 11.7. The molecule has 0 aromatic heterocycles. The summed E-state index contributed by atoms with van der Waals surface area (Å²) in [6, 6.07) is 14.4. The number of carbonyl (C=O) groups excluding carboxylic acids is 1. The third-order valence-electron chi connectivity index (χ3n) is 3.26. The van der Waals surface area contributed by atoms with Crippen LogP contribution in [0.5, 0.6) is 0 Å². The summed E-state index contributed by atoms with van der Waals surface area (Å²) in [4.78, 5) is 13.3. The first-order chi connectivity index (χ1) is 9.10. The molecule has 2 nitrogen and oxygen atoms in total. The van der Waals surface area contributed by atoms with Gasteiger partial charge in [0.1, 0.15) is 0 Å². The molecule has 0 spiro atoms. The van der Waals surface area contributed by atoms with Crippen LogP contribution in [0.4, 0.5) is 5.69 Å². The number of aldehydes is 1. The molecule has 2 aromatic carbocycles. The Morgan fingerprint density at radius 1 is 1.00 bits per heavy atom. The maximum atomic E-state index is 11.2. The first-order valence-corrected chi connectivity index (χ1v) is 6.42. The van der Waals surface area contributed by atoms with Crippen LogP contribution in [0.25, 0.3) is 0 Å². The molecule has 0 saturated heterocycles. The van der Waals surface area contributed by atoms with E-state index in [1.807, 2.05) is 32.2 Å². The highest BCUT2D eigenvalue weighted by atomic mass is 16.1. The number of carbonyl (C=O) groups is 1. The van der Waals surface area contributed by atoms with Crippen LogP contribution in [0.15, 0.2) is 42.5 Å². The molecule has 0 atom stereocenters.